The van der Waals surface area contributed by atoms with Gasteiger partial charge >= 0.3 is 5.97 Å². The molecule has 1 amide bonds. The first-order valence-electron chi connectivity index (χ1n) is 6.49. The van der Waals surface area contributed by atoms with Gasteiger partial charge in [-0.1, -0.05) is 0 Å². The van der Waals surface area contributed by atoms with Gasteiger partial charge in [0.1, 0.15) is 0 Å². The van der Waals surface area contributed by atoms with Gasteiger partial charge in [0.25, 0.3) is 5.91 Å². The summed E-state index contributed by atoms with van der Waals surface area (Å²) in [5, 5.41) is 16.8. The number of aromatic nitrogens is 2. The minimum Gasteiger partial charge on any atom is -0.481 e. The Hall–Kier alpha value is -2.18. The SMILES string of the molecule is CN(C)C(=O)c1ccc(N2CCC(CC(=O)O)C2)nn1. The number of carboxylic acids is 1. The van der Waals surface area contributed by atoms with E-state index in [1.54, 1.807) is 26.2 Å². The Morgan fingerprint density at radius 1 is 1.40 bits per heavy atom. The summed E-state index contributed by atoms with van der Waals surface area (Å²) in [6, 6.07) is 3.40. The summed E-state index contributed by atoms with van der Waals surface area (Å²) in [6.45, 7) is 1.44. The van der Waals surface area contributed by atoms with Crippen LogP contribution in [-0.2, 0) is 4.79 Å². The number of hydrogen-bond acceptors (Lipinski definition) is 5. The number of anilines is 1. The molecule has 1 unspecified atom stereocenters. The average Bonchev–Trinajstić information content (AvgIpc) is 2.85. The molecule has 1 aromatic heterocycles. The third-order valence-electron chi connectivity index (χ3n) is 3.35. The predicted octanol–water partition coefficient (Wildman–Crippen LogP) is 0.479. The molecule has 0 bridgehead atoms. The highest BCUT2D eigenvalue weighted by atomic mass is 16.4. The largest absolute Gasteiger partial charge is 0.481 e. The van der Waals surface area contributed by atoms with Crippen LogP contribution in [-0.4, -0.2) is 59.3 Å². The lowest BCUT2D eigenvalue weighted by Gasteiger charge is -2.17. The molecule has 7 nitrogen and oxygen atoms in total. The first-order valence-corrected chi connectivity index (χ1v) is 6.49. The fourth-order valence-electron chi connectivity index (χ4n) is 2.29. The first kappa shape index (κ1) is 14.2. The van der Waals surface area contributed by atoms with E-state index in [1.165, 1.54) is 4.90 Å². The standard InChI is InChI=1S/C13H18N4O3/c1-16(2)13(20)10-3-4-11(15-14-10)17-6-5-9(8-17)7-12(18)19/h3-4,9H,5-8H2,1-2H3,(H,18,19). The van der Waals surface area contributed by atoms with Gasteiger partial charge in [0.05, 0.1) is 0 Å². The Labute approximate surface area is 117 Å². The predicted molar refractivity (Wildman–Crippen MR) is 72.6 cm³/mol. The van der Waals surface area contributed by atoms with Crippen LogP contribution in [0.5, 0.6) is 0 Å². The molecule has 1 atom stereocenters. The maximum Gasteiger partial charge on any atom is 0.303 e. The van der Waals surface area contributed by atoms with E-state index < -0.39 is 5.97 Å². The number of aliphatic carboxylic acids is 1. The van der Waals surface area contributed by atoms with Gasteiger partial charge in [0.2, 0.25) is 0 Å². The lowest BCUT2D eigenvalue weighted by molar-refractivity contribution is -0.137. The van der Waals surface area contributed by atoms with E-state index in [0.717, 1.165) is 13.0 Å². The number of amides is 1. The second-order valence-corrected chi connectivity index (χ2v) is 5.17. The molecule has 0 radical (unpaired) electrons. The van der Waals surface area contributed by atoms with E-state index >= 15 is 0 Å². The summed E-state index contributed by atoms with van der Waals surface area (Å²) in [4.78, 5) is 25.8. The van der Waals surface area contributed by atoms with E-state index in [-0.39, 0.29) is 18.2 Å². The van der Waals surface area contributed by atoms with Crippen LogP contribution in [0.1, 0.15) is 23.3 Å². The number of hydrogen-bond donors (Lipinski definition) is 1. The molecular weight excluding hydrogens is 260 g/mol. The summed E-state index contributed by atoms with van der Waals surface area (Å²) < 4.78 is 0. The van der Waals surface area contributed by atoms with Crippen LogP contribution in [0, 0.1) is 5.92 Å². The molecule has 108 valence electrons. The molecule has 0 saturated carbocycles. The maximum atomic E-state index is 11.7. The number of rotatable bonds is 4. The van der Waals surface area contributed by atoms with Crippen LogP contribution < -0.4 is 4.90 Å². The molecule has 2 heterocycles. The molecule has 1 fully saturated rings. The normalized spacial score (nSPS) is 18.1. The van der Waals surface area contributed by atoms with E-state index in [1.807, 2.05) is 4.90 Å². The maximum absolute atomic E-state index is 11.7. The van der Waals surface area contributed by atoms with Crippen molar-refractivity contribution in [1.29, 1.82) is 0 Å². The van der Waals surface area contributed by atoms with E-state index in [4.69, 9.17) is 5.11 Å². The zero-order chi connectivity index (χ0) is 14.7. The molecule has 0 spiro atoms. The van der Waals surface area contributed by atoms with Gasteiger partial charge in [0.15, 0.2) is 11.5 Å². The molecule has 1 aliphatic rings. The van der Waals surface area contributed by atoms with Gasteiger partial charge in [-0.3, -0.25) is 9.59 Å². The van der Waals surface area contributed by atoms with Crippen molar-refractivity contribution in [2.45, 2.75) is 12.8 Å². The fourth-order valence-corrected chi connectivity index (χ4v) is 2.29. The van der Waals surface area contributed by atoms with Crippen molar-refractivity contribution in [3.05, 3.63) is 17.8 Å². The smallest absolute Gasteiger partial charge is 0.303 e. The molecule has 2 rings (SSSR count). The zero-order valence-electron chi connectivity index (χ0n) is 11.6. The van der Waals surface area contributed by atoms with Gasteiger partial charge < -0.3 is 14.9 Å². The topological polar surface area (TPSA) is 86.6 Å². The van der Waals surface area contributed by atoms with Crippen LogP contribution in [0.15, 0.2) is 12.1 Å². The molecule has 0 aliphatic carbocycles. The second kappa shape index (κ2) is 5.85. The lowest BCUT2D eigenvalue weighted by Crippen LogP contribution is -2.25. The second-order valence-electron chi connectivity index (χ2n) is 5.17. The highest BCUT2D eigenvalue weighted by molar-refractivity contribution is 5.91. The Balaban J connectivity index is 2.01. The quantitative estimate of drug-likeness (QED) is 0.862. The van der Waals surface area contributed by atoms with Crippen LogP contribution >= 0.6 is 0 Å². The zero-order valence-corrected chi connectivity index (χ0v) is 11.6. The molecule has 7 heteroatoms. The van der Waals surface area contributed by atoms with Gasteiger partial charge in [-0.15, -0.1) is 10.2 Å². The Morgan fingerprint density at radius 2 is 2.15 bits per heavy atom. The summed E-state index contributed by atoms with van der Waals surface area (Å²) in [5.74, 6) is -0.116. The summed E-state index contributed by atoms with van der Waals surface area (Å²) in [7, 11) is 3.32. The van der Waals surface area contributed by atoms with Crippen molar-refractivity contribution in [2.24, 2.45) is 5.92 Å². The van der Waals surface area contributed by atoms with Crippen LogP contribution in [0.25, 0.3) is 0 Å². The van der Waals surface area contributed by atoms with Crippen molar-refractivity contribution in [2.75, 3.05) is 32.1 Å². The van der Waals surface area contributed by atoms with E-state index in [2.05, 4.69) is 10.2 Å². The lowest BCUT2D eigenvalue weighted by atomic mass is 10.1. The van der Waals surface area contributed by atoms with E-state index in [0.29, 0.717) is 18.1 Å². The Kier molecular flexibility index (Phi) is 4.16. The highest BCUT2D eigenvalue weighted by Crippen LogP contribution is 2.23. The van der Waals surface area contributed by atoms with E-state index in [9.17, 15) is 9.59 Å². The van der Waals surface area contributed by atoms with Gasteiger partial charge in [-0.05, 0) is 24.5 Å². The number of carboxylic acid groups (broad SMARTS) is 1. The molecule has 0 aromatic carbocycles. The van der Waals surface area contributed by atoms with Crippen LogP contribution in [0.3, 0.4) is 0 Å². The Morgan fingerprint density at radius 3 is 2.70 bits per heavy atom. The number of carbonyl (C=O) groups is 2. The van der Waals surface area contributed by atoms with Gasteiger partial charge in [-0.25, -0.2) is 0 Å². The first-order chi connectivity index (χ1) is 9.47. The summed E-state index contributed by atoms with van der Waals surface area (Å²) >= 11 is 0. The van der Waals surface area contributed by atoms with Crippen molar-refractivity contribution >= 4 is 17.7 Å². The monoisotopic (exact) mass is 278 g/mol. The van der Waals surface area contributed by atoms with Crippen molar-refractivity contribution < 1.29 is 14.7 Å². The van der Waals surface area contributed by atoms with Crippen molar-refractivity contribution in [1.82, 2.24) is 15.1 Å². The van der Waals surface area contributed by atoms with Gasteiger partial charge in [0, 0.05) is 33.6 Å². The number of nitrogens with zero attached hydrogens (tertiary/aromatic N) is 4. The average molecular weight is 278 g/mol. The molecule has 20 heavy (non-hydrogen) atoms. The van der Waals surface area contributed by atoms with Crippen LogP contribution in [0.2, 0.25) is 0 Å². The summed E-state index contributed by atoms with van der Waals surface area (Å²) in [5.41, 5.74) is 0.306. The molecular formula is C13H18N4O3. The summed E-state index contributed by atoms with van der Waals surface area (Å²) in [6.07, 6.45) is 1.02. The Bertz CT molecular complexity index is 501. The van der Waals surface area contributed by atoms with Crippen molar-refractivity contribution in [3.63, 3.8) is 0 Å². The molecule has 1 N–H and O–H groups in total. The molecule has 1 aliphatic heterocycles. The highest BCUT2D eigenvalue weighted by Gasteiger charge is 2.25. The molecule has 1 saturated heterocycles. The molecule has 1 aromatic rings. The third kappa shape index (κ3) is 3.23. The van der Waals surface area contributed by atoms with Crippen molar-refractivity contribution in [3.8, 4) is 0 Å². The van der Waals surface area contributed by atoms with Crippen LogP contribution in [0.4, 0.5) is 5.82 Å². The fraction of sp³-hybridized carbons (Fsp3) is 0.538. The minimum atomic E-state index is -0.769. The van der Waals surface area contributed by atoms with Gasteiger partial charge in [-0.2, -0.15) is 0 Å². The number of carbonyl (C=O) groups excluding carboxylic acids is 1. The third-order valence-corrected chi connectivity index (χ3v) is 3.35. The minimum absolute atomic E-state index is 0.150.